The van der Waals surface area contributed by atoms with Crippen LogP contribution in [-0.4, -0.2) is 31.0 Å². The number of carbonyl (C=O) groups excluding carboxylic acids is 1. The van der Waals surface area contributed by atoms with Crippen LogP contribution in [0.3, 0.4) is 0 Å². The van der Waals surface area contributed by atoms with Crippen molar-refractivity contribution in [2.24, 2.45) is 0 Å². The van der Waals surface area contributed by atoms with E-state index in [-0.39, 0.29) is 18.0 Å². The largest absolute Gasteiger partial charge is 0.399 e. The van der Waals surface area contributed by atoms with Crippen LogP contribution >= 0.6 is 27.6 Å². The number of nitrogen functional groups attached to an aromatic ring is 1. The highest BCUT2D eigenvalue weighted by molar-refractivity contribution is 7.70. The van der Waals surface area contributed by atoms with Crippen molar-refractivity contribution in [3.8, 4) is 0 Å². The van der Waals surface area contributed by atoms with Crippen LogP contribution < -0.4 is 11.1 Å². The number of benzene rings is 1. The van der Waals surface area contributed by atoms with Gasteiger partial charge >= 0.3 is 15.2 Å². The lowest BCUT2D eigenvalue weighted by Crippen LogP contribution is -2.34. The molecule has 7 N–H and O–H groups in total. The summed E-state index contributed by atoms with van der Waals surface area (Å²) >= 11 is 0. The second kappa shape index (κ2) is 6.69. The van der Waals surface area contributed by atoms with E-state index in [1.54, 1.807) is 5.32 Å². The molecule has 0 heterocycles. The zero-order valence-corrected chi connectivity index (χ0v) is 12.4. The molecule has 0 saturated carbocycles. The maximum atomic E-state index is 11.6. The summed E-state index contributed by atoms with van der Waals surface area (Å²) in [6, 6.07) is 5.22. The van der Waals surface area contributed by atoms with E-state index >= 15 is 0 Å². The average molecular weight is 347 g/mol. The third kappa shape index (κ3) is 5.22. The van der Waals surface area contributed by atoms with Gasteiger partial charge in [-0.15, -0.1) is 12.4 Å². The monoisotopic (exact) mass is 346 g/mol. The van der Waals surface area contributed by atoms with Crippen molar-refractivity contribution in [1.82, 2.24) is 5.32 Å². The molecule has 0 spiro atoms. The maximum Gasteiger partial charge on any atom is 0.360 e. The third-order valence-electron chi connectivity index (χ3n) is 2.07. The molecule has 1 amide bonds. The standard InChI is InChI=1S/C8H12N2O7P2.ClH/c9-6-3-1-5(2-4-6)7(11)10-8(18(12,13)14)19(15,16)17;/h1-4,8H,9H2,(H,10,11)(H2,12,13,14)(H2,15,16,17);1H. The van der Waals surface area contributed by atoms with Gasteiger partial charge in [0.05, 0.1) is 0 Å². The topological polar surface area (TPSA) is 170 Å². The Kier molecular flexibility index (Phi) is 6.38. The molecule has 0 aromatic heterocycles. The minimum absolute atomic E-state index is 0. The van der Waals surface area contributed by atoms with Crippen LogP contribution in [0, 0.1) is 0 Å². The fourth-order valence-corrected chi connectivity index (χ4v) is 3.34. The number of halogens is 1. The molecule has 0 bridgehead atoms. The number of amides is 1. The first-order valence-corrected chi connectivity index (χ1v) is 8.15. The van der Waals surface area contributed by atoms with E-state index in [9.17, 15) is 13.9 Å². The van der Waals surface area contributed by atoms with Crippen molar-refractivity contribution in [2.75, 3.05) is 5.73 Å². The minimum atomic E-state index is -5.20. The number of carbonyl (C=O) groups is 1. The van der Waals surface area contributed by atoms with E-state index in [4.69, 9.17) is 25.3 Å². The summed E-state index contributed by atoms with van der Waals surface area (Å²) in [5.74, 6) is -1.03. The van der Waals surface area contributed by atoms with Crippen molar-refractivity contribution >= 4 is 39.2 Å². The van der Waals surface area contributed by atoms with Crippen LogP contribution in [0.25, 0.3) is 0 Å². The Balaban J connectivity index is 0.00000361. The van der Waals surface area contributed by atoms with Crippen molar-refractivity contribution in [3.63, 3.8) is 0 Å². The number of anilines is 1. The quantitative estimate of drug-likeness (QED) is 0.328. The highest BCUT2D eigenvalue weighted by atomic mass is 35.5. The molecular weight excluding hydrogens is 333 g/mol. The van der Waals surface area contributed by atoms with Crippen LogP contribution in [0.2, 0.25) is 0 Å². The van der Waals surface area contributed by atoms with Crippen LogP contribution in [0.5, 0.6) is 0 Å². The maximum absolute atomic E-state index is 11.6. The van der Waals surface area contributed by atoms with Gasteiger partial charge in [0.25, 0.3) is 5.91 Å². The predicted molar refractivity (Wildman–Crippen MR) is 73.4 cm³/mol. The Labute approximate surface area is 119 Å². The van der Waals surface area contributed by atoms with Gasteiger partial charge in [0.15, 0.2) is 0 Å². The summed E-state index contributed by atoms with van der Waals surface area (Å²) in [7, 11) is -10.4. The molecule has 1 rings (SSSR count). The van der Waals surface area contributed by atoms with Crippen LogP contribution in [0.4, 0.5) is 5.69 Å². The highest BCUT2D eigenvalue weighted by Crippen LogP contribution is 2.58. The summed E-state index contributed by atoms with van der Waals surface area (Å²) in [5, 5.41) is 1.63. The predicted octanol–water partition coefficient (Wildman–Crippen LogP) is 0.0594. The molecule has 1 aromatic carbocycles. The molecule has 0 aliphatic carbocycles. The van der Waals surface area contributed by atoms with Gasteiger partial charge in [0.2, 0.25) is 5.52 Å². The molecule has 20 heavy (non-hydrogen) atoms. The fourth-order valence-electron chi connectivity index (χ4n) is 1.20. The zero-order valence-electron chi connectivity index (χ0n) is 9.78. The SMILES string of the molecule is Cl.Nc1ccc(C(=O)NC(P(=O)(O)O)P(=O)(O)O)cc1. The second-order valence-corrected chi connectivity index (χ2v) is 7.44. The van der Waals surface area contributed by atoms with E-state index in [0.717, 1.165) is 0 Å². The van der Waals surface area contributed by atoms with Gasteiger partial charge in [0.1, 0.15) is 0 Å². The highest BCUT2D eigenvalue weighted by Gasteiger charge is 2.44. The Morgan fingerprint density at radius 2 is 1.45 bits per heavy atom. The number of nitrogens with one attached hydrogen (secondary N) is 1. The summed E-state index contributed by atoms with van der Waals surface area (Å²) < 4.78 is 21.9. The smallest absolute Gasteiger partial charge is 0.360 e. The van der Waals surface area contributed by atoms with Crippen molar-refractivity contribution in [2.45, 2.75) is 5.52 Å². The first-order valence-electron chi connectivity index (χ1n) is 4.78. The Morgan fingerprint density at radius 3 is 1.80 bits per heavy atom. The van der Waals surface area contributed by atoms with Gasteiger partial charge in [-0.1, -0.05) is 0 Å². The Bertz CT molecular complexity index is 545. The molecule has 0 radical (unpaired) electrons. The van der Waals surface area contributed by atoms with Crippen molar-refractivity contribution in [3.05, 3.63) is 29.8 Å². The number of hydrogen-bond acceptors (Lipinski definition) is 4. The van der Waals surface area contributed by atoms with Crippen LogP contribution in [0.1, 0.15) is 10.4 Å². The third-order valence-corrected chi connectivity index (χ3v) is 5.41. The lowest BCUT2D eigenvalue weighted by atomic mass is 10.2. The van der Waals surface area contributed by atoms with Gasteiger partial charge in [-0.2, -0.15) is 0 Å². The summed E-state index contributed by atoms with van der Waals surface area (Å²) in [4.78, 5) is 47.0. The van der Waals surface area contributed by atoms with E-state index in [1.165, 1.54) is 24.3 Å². The van der Waals surface area contributed by atoms with Gasteiger partial charge in [-0.25, -0.2) is 0 Å². The second-order valence-electron chi connectivity index (χ2n) is 3.65. The first kappa shape index (κ1) is 19.1. The molecular formula is C8H13ClN2O7P2. The van der Waals surface area contributed by atoms with E-state index in [1.807, 2.05) is 0 Å². The van der Waals surface area contributed by atoms with Crippen molar-refractivity contribution in [1.29, 1.82) is 0 Å². The molecule has 12 heteroatoms. The van der Waals surface area contributed by atoms with Gasteiger partial charge in [0, 0.05) is 11.3 Å². The normalized spacial score (nSPS) is 11.8. The molecule has 0 saturated heterocycles. The summed E-state index contributed by atoms with van der Waals surface area (Å²) in [6.45, 7) is 0. The number of nitrogens with two attached hydrogens (primary N) is 1. The van der Waals surface area contributed by atoms with E-state index < -0.39 is 26.6 Å². The molecule has 0 fully saturated rings. The van der Waals surface area contributed by atoms with Gasteiger partial charge in [-0.05, 0) is 24.3 Å². The van der Waals surface area contributed by atoms with Gasteiger partial charge in [-0.3, -0.25) is 13.9 Å². The number of hydrogen-bond donors (Lipinski definition) is 6. The minimum Gasteiger partial charge on any atom is -0.399 e. The van der Waals surface area contributed by atoms with E-state index in [2.05, 4.69) is 0 Å². The molecule has 0 unspecified atom stereocenters. The Morgan fingerprint density at radius 1 is 1.05 bits per heavy atom. The summed E-state index contributed by atoms with van der Waals surface area (Å²) in [5.41, 5.74) is 3.13. The molecule has 1 aromatic rings. The number of rotatable bonds is 4. The molecule has 0 aliphatic heterocycles. The fraction of sp³-hybridized carbons (Fsp3) is 0.125. The van der Waals surface area contributed by atoms with Crippen molar-refractivity contribution < 1.29 is 33.5 Å². The Hall–Kier alpha value is -0.920. The molecule has 0 atom stereocenters. The lowest BCUT2D eigenvalue weighted by Gasteiger charge is -2.20. The molecule has 114 valence electrons. The van der Waals surface area contributed by atoms with Crippen LogP contribution in [-0.2, 0) is 9.13 Å². The first-order chi connectivity index (χ1) is 8.51. The average Bonchev–Trinajstić information content (AvgIpc) is 2.23. The zero-order chi connectivity index (χ0) is 14.8. The van der Waals surface area contributed by atoms with Crippen LogP contribution in [0.15, 0.2) is 24.3 Å². The molecule has 0 aliphatic rings. The van der Waals surface area contributed by atoms with Gasteiger partial charge < -0.3 is 30.6 Å². The van der Waals surface area contributed by atoms with E-state index in [0.29, 0.717) is 5.69 Å². The summed E-state index contributed by atoms with van der Waals surface area (Å²) in [6.07, 6.45) is 0. The molecule has 9 nitrogen and oxygen atoms in total. The lowest BCUT2D eigenvalue weighted by molar-refractivity contribution is 0.0948.